The zero-order valence-electron chi connectivity index (χ0n) is 9.98. The van der Waals surface area contributed by atoms with Gasteiger partial charge in [0.15, 0.2) is 0 Å². The molecule has 0 aliphatic heterocycles. The molecule has 0 unspecified atom stereocenters. The lowest BCUT2D eigenvalue weighted by molar-refractivity contribution is -0.119. The van der Waals surface area contributed by atoms with Crippen molar-refractivity contribution < 1.29 is 13.2 Å². The molecule has 0 aliphatic rings. The lowest BCUT2D eigenvalue weighted by atomic mass is 10.1. The van der Waals surface area contributed by atoms with Crippen LogP contribution in [-0.2, 0) is 0 Å². The lowest BCUT2D eigenvalue weighted by Crippen LogP contribution is -2.30. The van der Waals surface area contributed by atoms with E-state index in [2.05, 4.69) is 9.36 Å². The van der Waals surface area contributed by atoms with E-state index >= 15 is 0 Å². The van der Waals surface area contributed by atoms with Gasteiger partial charge in [-0.1, -0.05) is 0 Å². The Balaban J connectivity index is 2.38. The van der Waals surface area contributed by atoms with E-state index in [0.717, 1.165) is 16.4 Å². The minimum Gasteiger partial charge on any atom is -0.382 e. The molecular weight excluding hydrogens is 277 g/mol. The van der Waals surface area contributed by atoms with Crippen LogP contribution in [0.5, 0.6) is 0 Å². The van der Waals surface area contributed by atoms with E-state index in [1.165, 1.54) is 7.05 Å². The van der Waals surface area contributed by atoms with Crippen LogP contribution in [0.15, 0.2) is 24.5 Å². The Kier molecular flexibility index (Phi) is 3.61. The Morgan fingerprint density at radius 1 is 1.32 bits per heavy atom. The highest BCUT2D eigenvalue weighted by Crippen LogP contribution is 2.39. The first-order chi connectivity index (χ1) is 8.88. The van der Waals surface area contributed by atoms with Crippen molar-refractivity contribution in [2.45, 2.75) is 6.18 Å². The number of nitrogens with zero attached hydrogens (tertiary/aromatic N) is 3. The molecule has 0 radical (unpaired) electrons. The van der Waals surface area contributed by atoms with Crippen molar-refractivity contribution in [3.05, 3.63) is 24.5 Å². The van der Waals surface area contributed by atoms with Crippen molar-refractivity contribution in [2.24, 2.45) is 0 Å². The molecule has 2 rings (SSSR count). The van der Waals surface area contributed by atoms with Gasteiger partial charge in [-0.3, -0.25) is 4.98 Å². The summed E-state index contributed by atoms with van der Waals surface area (Å²) in [4.78, 5) is 4.97. The highest BCUT2D eigenvalue weighted by Gasteiger charge is 2.31. The molecule has 102 valence electrons. The van der Waals surface area contributed by atoms with Crippen molar-refractivity contribution in [1.82, 2.24) is 9.36 Å². The van der Waals surface area contributed by atoms with Gasteiger partial charge in [0, 0.05) is 19.4 Å². The molecule has 0 aromatic carbocycles. The fourth-order valence-electron chi connectivity index (χ4n) is 1.68. The van der Waals surface area contributed by atoms with Gasteiger partial charge in [-0.05, 0) is 29.2 Å². The number of hydrogen-bond acceptors (Lipinski definition) is 5. The zero-order valence-corrected chi connectivity index (χ0v) is 10.8. The third-order valence-electron chi connectivity index (χ3n) is 2.43. The number of alkyl halides is 3. The van der Waals surface area contributed by atoms with Gasteiger partial charge in [-0.15, -0.1) is 0 Å². The normalized spacial score (nSPS) is 11.6. The Labute approximate surface area is 111 Å². The van der Waals surface area contributed by atoms with Gasteiger partial charge in [-0.25, -0.2) is 0 Å². The summed E-state index contributed by atoms with van der Waals surface area (Å²) in [6.45, 7) is -1.05. The molecule has 0 atom stereocenters. The maximum Gasteiger partial charge on any atom is 0.405 e. The Hall–Kier alpha value is -1.83. The van der Waals surface area contributed by atoms with Crippen molar-refractivity contribution in [3.8, 4) is 11.1 Å². The topological polar surface area (TPSA) is 55.0 Å². The van der Waals surface area contributed by atoms with Crippen LogP contribution < -0.4 is 10.6 Å². The summed E-state index contributed by atoms with van der Waals surface area (Å²) in [6.07, 6.45) is -1.16. The second kappa shape index (κ2) is 5.04. The summed E-state index contributed by atoms with van der Waals surface area (Å²) < 4.78 is 41.2. The minimum absolute atomic E-state index is 0.222. The quantitative estimate of drug-likeness (QED) is 0.943. The summed E-state index contributed by atoms with van der Waals surface area (Å²) in [7, 11) is 1.37. The highest BCUT2D eigenvalue weighted by atomic mass is 32.1. The van der Waals surface area contributed by atoms with Gasteiger partial charge in [0.25, 0.3) is 0 Å². The van der Waals surface area contributed by atoms with E-state index < -0.39 is 12.7 Å². The van der Waals surface area contributed by atoms with Crippen LogP contribution >= 0.6 is 11.5 Å². The molecular formula is C11H11F3N4S. The predicted molar refractivity (Wildman–Crippen MR) is 69.1 cm³/mol. The number of anilines is 2. The van der Waals surface area contributed by atoms with E-state index in [4.69, 9.17) is 5.73 Å². The summed E-state index contributed by atoms with van der Waals surface area (Å²) in [5.74, 6) is 0.222. The van der Waals surface area contributed by atoms with Gasteiger partial charge in [0.1, 0.15) is 17.4 Å². The van der Waals surface area contributed by atoms with Crippen molar-refractivity contribution in [3.63, 3.8) is 0 Å². The van der Waals surface area contributed by atoms with E-state index in [1.54, 1.807) is 24.5 Å². The second-order valence-electron chi connectivity index (χ2n) is 3.96. The molecule has 0 amide bonds. The third-order valence-corrected chi connectivity index (χ3v) is 3.41. The summed E-state index contributed by atoms with van der Waals surface area (Å²) in [5, 5.41) is 0.390. The van der Waals surface area contributed by atoms with Crippen molar-refractivity contribution in [1.29, 1.82) is 0 Å². The van der Waals surface area contributed by atoms with Gasteiger partial charge in [0.05, 0.1) is 5.56 Å². The zero-order chi connectivity index (χ0) is 14.0. The van der Waals surface area contributed by atoms with Crippen LogP contribution in [0.3, 0.4) is 0 Å². The molecule has 19 heavy (non-hydrogen) atoms. The Morgan fingerprint density at radius 3 is 2.53 bits per heavy atom. The van der Waals surface area contributed by atoms with Crippen LogP contribution in [0.1, 0.15) is 0 Å². The number of nitrogens with two attached hydrogens (primary N) is 1. The first-order valence-electron chi connectivity index (χ1n) is 5.32. The molecule has 0 spiro atoms. The van der Waals surface area contributed by atoms with E-state index in [1.807, 2.05) is 0 Å². The van der Waals surface area contributed by atoms with Crippen molar-refractivity contribution >= 4 is 22.4 Å². The summed E-state index contributed by atoms with van der Waals surface area (Å²) >= 11 is 0.950. The smallest absolute Gasteiger partial charge is 0.382 e. The van der Waals surface area contributed by atoms with Gasteiger partial charge >= 0.3 is 6.18 Å². The van der Waals surface area contributed by atoms with Crippen LogP contribution in [0.2, 0.25) is 0 Å². The molecule has 0 saturated carbocycles. The molecule has 2 heterocycles. The SMILES string of the molecule is CN(CC(F)(F)F)c1snc(N)c1-c1ccncc1. The molecule has 0 saturated heterocycles. The number of pyridine rings is 1. The fourth-order valence-corrected chi connectivity index (χ4v) is 2.48. The maximum absolute atomic E-state index is 12.4. The molecule has 8 heteroatoms. The molecule has 0 aliphatic carbocycles. The number of nitrogen functional groups attached to an aromatic ring is 1. The van der Waals surface area contributed by atoms with Crippen LogP contribution in [0.4, 0.5) is 24.0 Å². The molecule has 0 fully saturated rings. The van der Waals surface area contributed by atoms with E-state index in [0.29, 0.717) is 16.1 Å². The number of aromatic nitrogens is 2. The average Bonchev–Trinajstić information content (AvgIpc) is 2.70. The highest BCUT2D eigenvalue weighted by molar-refractivity contribution is 7.11. The number of rotatable bonds is 3. The Bertz CT molecular complexity index is 553. The summed E-state index contributed by atoms with van der Waals surface area (Å²) in [6, 6.07) is 3.37. The van der Waals surface area contributed by atoms with Crippen molar-refractivity contribution in [2.75, 3.05) is 24.2 Å². The lowest BCUT2D eigenvalue weighted by Gasteiger charge is -2.20. The second-order valence-corrected chi connectivity index (χ2v) is 4.71. The number of hydrogen-bond donors (Lipinski definition) is 1. The van der Waals surface area contributed by atoms with E-state index in [9.17, 15) is 13.2 Å². The monoisotopic (exact) mass is 288 g/mol. The maximum atomic E-state index is 12.4. The third kappa shape index (κ3) is 3.14. The molecule has 0 bridgehead atoms. The first kappa shape index (κ1) is 13.6. The predicted octanol–water partition coefficient (Wildman–Crippen LogP) is 2.79. The molecule has 2 aromatic heterocycles. The van der Waals surface area contributed by atoms with E-state index in [-0.39, 0.29) is 5.82 Å². The van der Waals surface area contributed by atoms with Gasteiger partial charge in [0.2, 0.25) is 0 Å². The van der Waals surface area contributed by atoms with Gasteiger partial charge < -0.3 is 10.6 Å². The number of halogens is 3. The Morgan fingerprint density at radius 2 is 1.95 bits per heavy atom. The van der Waals surface area contributed by atoms with Crippen LogP contribution in [-0.4, -0.2) is 29.1 Å². The average molecular weight is 288 g/mol. The van der Waals surface area contributed by atoms with Gasteiger partial charge in [-0.2, -0.15) is 17.5 Å². The molecule has 2 aromatic rings. The fraction of sp³-hybridized carbons (Fsp3) is 0.273. The largest absolute Gasteiger partial charge is 0.405 e. The minimum atomic E-state index is -4.27. The first-order valence-corrected chi connectivity index (χ1v) is 6.09. The summed E-state index contributed by atoms with van der Waals surface area (Å²) in [5.41, 5.74) is 6.96. The van der Waals surface area contributed by atoms with Crippen LogP contribution in [0, 0.1) is 0 Å². The van der Waals surface area contributed by atoms with Crippen LogP contribution in [0.25, 0.3) is 11.1 Å². The molecule has 2 N–H and O–H groups in total. The molecule has 4 nitrogen and oxygen atoms in total. The standard InChI is InChI=1S/C11H11F3N4S/c1-18(6-11(12,13)14)10-8(9(15)17-19-10)7-2-4-16-5-3-7/h2-5H,6H2,1H3,(H2,15,17).